The van der Waals surface area contributed by atoms with Gasteiger partial charge < -0.3 is 19.7 Å². The van der Waals surface area contributed by atoms with Crippen LogP contribution in [-0.2, 0) is 37.5 Å². The number of imidazole rings is 1. The number of hydrogen-bond acceptors (Lipinski definition) is 5. The van der Waals surface area contributed by atoms with Gasteiger partial charge in [0.25, 0.3) is 5.91 Å². The van der Waals surface area contributed by atoms with Crippen molar-refractivity contribution in [2.45, 2.75) is 51.0 Å². The van der Waals surface area contributed by atoms with Crippen LogP contribution in [0, 0.1) is 0 Å². The molecule has 1 aliphatic rings. The monoisotopic (exact) mass is 546 g/mol. The molecule has 2 N–H and O–H groups in total. The molecule has 9 heteroatoms. The molecular formula is C30H34N4O4S. The van der Waals surface area contributed by atoms with Crippen LogP contribution in [-0.4, -0.2) is 44.2 Å². The van der Waals surface area contributed by atoms with Crippen LogP contribution in [0.2, 0.25) is 0 Å². The van der Waals surface area contributed by atoms with Crippen LogP contribution in [0.15, 0.2) is 60.9 Å². The van der Waals surface area contributed by atoms with E-state index < -0.39 is 17.9 Å². The third-order valence-electron chi connectivity index (χ3n) is 7.04. The lowest BCUT2D eigenvalue weighted by Gasteiger charge is -2.16. The maximum absolute atomic E-state index is 12.8. The Balaban J connectivity index is 0.00000353. The van der Waals surface area contributed by atoms with Gasteiger partial charge in [-0.05, 0) is 86.1 Å². The van der Waals surface area contributed by atoms with Gasteiger partial charge in [0.15, 0.2) is 0 Å². The SMILES string of the molecule is Cn1cnc2ccc(C(=O)N[C@@H](Cc3ccc(OCCCc4ccc5c(n4)CCCC5)cc3)C(=O)O)cc21.S. The highest BCUT2D eigenvalue weighted by molar-refractivity contribution is 7.59. The predicted molar refractivity (Wildman–Crippen MR) is 155 cm³/mol. The standard InChI is InChI=1S/C30H32N4O4.H2S/c1-34-19-31-26-15-11-22(18-28(26)34)29(35)33-27(30(36)37)17-20-8-13-24(14-9-20)38-16-4-6-23-12-10-21-5-2-3-7-25(21)32-23;/h8-15,18-19,27H,2-7,16-17H2,1H3,(H,33,35)(H,36,37);1H2/t27-;/m0./s1. The predicted octanol–water partition coefficient (Wildman–Crippen LogP) is 4.40. The summed E-state index contributed by atoms with van der Waals surface area (Å²) in [7, 11) is 1.84. The van der Waals surface area contributed by atoms with E-state index in [1.807, 2.05) is 35.9 Å². The first-order valence-electron chi connectivity index (χ1n) is 13.1. The minimum atomic E-state index is -1.09. The van der Waals surface area contributed by atoms with E-state index >= 15 is 0 Å². The van der Waals surface area contributed by atoms with Gasteiger partial charge in [0.05, 0.1) is 24.0 Å². The van der Waals surface area contributed by atoms with Crippen LogP contribution in [0.4, 0.5) is 0 Å². The Kier molecular flexibility index (Phi) is 9.24. The third-order valence-corrected chi connectivity index (χ3v) is 7.04. The van der Waals surface area contributed by atoms with Crippen LogP contribution in [0.5, 0.6) is 5.75 Å². The van der Waals surface area contributed by atoms with Crippen LogP contribution >= 0.6 is 13.5 Å². The summed E-state index contributed by atoms with van der Waals surface area (Å²) in [4.78, 5) is 33.7. The smallest absolute Gasteiger partial charge is 0.326 e. The summed E-state index contributed by atoms with van der Waals surface area (Å²) in [6.07, 6.45) is 8.29. The molecule has 5 rings (SSSR count). The van der Waals surface area contributed by atoms with Gasteiger partial charge in [0.1, 0.15) is 11.8 Å². The molecule has 0 unspecified atom stereocenters. The zero-order chi connectivity index (χ0) is 26.5. The van der Waals surface area contributed by atoms with Gasteiger partial charge >= 0.3 is 5.97 Å². The first kappa shape index (κ1) is 28.2. The number of carboxylic acids is 1. The van der Waals surface area contributed by atoms with Gasteiger partial charge in [0.2, 0.25) is 0 Å². The number of rotatable bonds is 10. The molecule has 0 bridgehead atoms. The molecule has 0 saturated carbocycles. The highest BCUT2D eigenvalue weighted by Gasteiger charge is 2.22. The lowest BCUT2D eigenvalue weighted by atomic mass is 9.95. The number of hydrogen-bond donors (Lipinski definition) is 2. The minimum absolute atomic E-state index is 0. The Bertz CT molecular complexity index is 1450. The number of aryl methyl sites for hydroxylation is 4. The Morgan fingerprint density at radius 2 is 1.87 bits per heavy atom. The van der Waals surface area contributed by atoms with Crippen molar-refractivity contribution >= 4 is 36.4 Å². The molecule has 8 nitrogen and oxygen atoms in total. The minimum Gasteiger partial charge on any atom is -0.494 e. The van der Waals surface area contributed by atoms with Gasteiger partial charge in [-0.25, -0.2) is 9.78 Å². The molecule has 204 valence electrons. The first-order valence-corrected chi connectivity index (χ1v) is 13.1. The molecule has 0 spiro atoms. The molecule has 0 fully saturated rings. The Hall–Kier alpha value is -3.85. The van der Waals surface area contributed by atoms with Gasteiger partial charge in [0, 0.05) is 30.4 Å². The van der Waals surface area contributed by atoms with Crippen LogP contribution in [0.25, 0.3) is 11.0 Å². The average molecular weight is 547 g/mol. The zero-order valence-electron chi connectivity index (χ0n) is 22.0. The second kappa shape index (κ2) is 12.8. The van der Waals surface area contributed by atoms with Gasteiger partial charge in [-0.15, -0.1) is 0 Å². The number of nitrogens with one attached hydrogen (secondary N) is 1. The second-order valence-corrected chi connectivity index (χ2v) is 9.84. The Labute approximate surface area is 234 Å². The van der Waals surface area contributed by atoms with Crippen LogP contribution in [0.3, 0.4) is 0 Å². The van der Waals surface area contributed by atoms with E-state index in [0.717, 1.165) is 53.7 Å². The molecule has 4 aromatic rings. The average Bonchev–Trinajstić information content (AvgIpc) is 3.31. The van der Waals surface area contributed by atoms with Crippen LogP contribution < -0.4 is 10.1 Å². The van der Waals surface area contributed by atoms with Crippen molar-refractivity contribution in [3.63, 3.8) is 0 Å². The largest absolute Gasteiger partial charge is 0.494 e. The summed E-state index contributed by atoms with van der Waals surface area (Å²) in [6, 6.07) is 15.8. The number of fused-ring (bicyclic) bond motifs is 2. The topological polar surface area (TPSA) is 106 Å². The van der Waals surface area contributed by atoms with E-state index in [9.17, 15) is 14.7 Å². The van der Waals surface area contributed by atoms with Crippen molar-refractivity contribution in [3.8, 4) is 5.75 Å². The molecule has 2 aromatic heterocycles. The van der Waals surface area contributed by atoms with Gasteiger partial charge in [-0.2, -0.15) is 13.5 Å². The van der Waals surface area contributed by atoms with Crippen molar-refractivity contribution < 1.29 is 19.4 Å². The summed E-state index contributed by atoms with van der Waals surface area (Å²) < 4.78 is 7.70. The maximum atomic E-state index is 12.8. The van der Waals surface area contributed by atoms with Crippen molar-refractivity contribution in [1.82, 2.24) is 19.9 Å². The third kappa shape index (κ3) is 6.97. The molecule has 2 heterocycles. The highest BCUT2D eigenvalue weighted by atomic mass is 32.1. The van der Waals surface area contributed by atoms with Crippen molar-refractivity contribution in [3.05, 3.63) is 89.0 Å². The lowest BCUT2D eigenvalue weighted by molar-refractivity contribution is -0.139. The van der Waals surface area contributed by atoms with Crippen molar-refractivity contribution in [2.75, 3.05) is 6.61 Å². The molecular weight excluding hydrogens is 512 g/mol. The quantitative estimate of drug-likeness (QED) is 0.286. The number of aromatic nitrogens is 3. The number of pyridine rings is 1. The van der Waals surface area contributed by atoms with Crippen molar-refractivity contribution in [1.29, 1.82) is 0 Å². The summed E-state index contributed by atoms with van der Waals surface area (Å²) in [5.41, 5.74) is 6.54. The molecule has 2 aromatic carbocycles. The second-order valence-electron chi connectivity index (χ2n) is 9.84. The van der Waals surface area contributed by atoms with E-state index in [4.69, 9.17) is 9.72 Å². The van der Waals surface area contributed by atoms with Crippen molar-refractivity contribution in [2.24, 2.45) is 7.05 Å². The van der Waals surface area contributed by atoms with Gasteiger partial charge in [-0.3, -0.25) is 9.78 Å². The molecule has 39 heavy (non-hydrogen) atoms. The summed E-state index contributed by atoms with van der Waals surface area (Å²) >= 11 is 0. The van der Waals surface area contributed by atoms with E-state index in [1.165, 1.54) is 24.1 Å². The highest BCUT2D eigenvalue weighted by Crippen LogP contribution is 2.20. The van der Waals surface area contributed by atoms with Crippen LogP contribution in [0.1, 0.15) is 52.1 Å². The number of carbonyl (C=O) groups excluding carboxylic acids is 1. The Morgan fingerprint density at radius 1 is 1.08 bits per heavy atom. The zero-order valence-corrected chi connectivity index (χ0v) is 23.0. The number of nitrogens with zero attached hydrogens (tertiary/aromatic N) is 3. The number of aliphatic carboxylic acids is 1. The number of carboxylic acid groups (broad SMARTS) is 1. The van der Waals surface area contributed by atoms with E-state index in [0.29, 0.717) is 12.2 Å². The maximum Gasteiger partial charge on any atom is 0.326 e. The number of benzene rings is 2. The van der Waals surface area contributed by atoms with E-state index in [1.54, 1.807) is 24.5 Å². The fourth-order valence-corrected chi connectivity index (χ4v) is 4.88. The molecule has 1 amide bonds. The summed E-state index contributed by atoms with van der Waals surface area (Å²) in [5, 5.41) is 12.4. The number of ether oxygens (including phenoxy) is 1. The molecule has 0 aliphatic heterocycles. The van der Waals surface area contributed by atoms with E-state index in [-0.39, 0.29) is 19.9 Å². The van der Waals surface area contributed by atoms with E-state index in [2.05, 4.69) is 22.4 Å². The summed E-state index contributed by atoms with van der Waals surface area (Å²) in [5.74, 6) is -0.794. The fraction of sp³-hybridized carbons (Fsp3) is 0.333. The molecule has 0 saturated heterocycles. The van der Waals surface area contributed by atoms with Gasteiger partial charge in [-0.1, -0.05) is 18.2 Å². The molecule has 0 radical (unpaired) electrons. The molecule has 1 atom stereocenters. The lowest BCUT2D eigenvalue weighted by Crippen LogP contribution is -2.42. The summed E-state index contributed by atoms with van der Waals surface area (Å²) in [6.45, 7) is 0.576. The number of carbonyl (C=O) groups is 2. The Morgan fingerprint density at radius 3 is 2.67 bits per heavy atom. The number of amides is 1. The fourth-order valence-electron chi connectivity index (χ4n) is 4.88. The molecule has 1 aliphatic carbocycles. The first-order chi connectivity index (χ1) is 18.5. The normalized spacial score (nSPS) is 13.3.